The Kier molecular flexibility index (Phi) is 5.46. The molecule has 19 heavy (non-hydrogen) atoms. The van der Waals surface area contributed by atoms with Crippen LogP contribution in [-0.4, -0.2) is 32.1 Å². The smallest absolute Gasteiger partial charge is 0.320 e. The van der Waals surface area contributed by atoms with Gasteiger partial charge in [0.15, 0.2) is 0 Å². The minimum Gasteiger partial charge on any atom is -0.480 e. The van der Waals surface area contributed by atoms with E-state index >= 15 is 0 Å². The highest BCUT2D eigenvalue weighted by molar-refractivity contribution is 7.89. The van der Waals surface area contributed by atoms with E-state index in [1.54, 1.807) is 19.1 Å². The minimum absolute atomic E-state index is 0.0705. The van der Waals surface area contributed by atoms with Gasteiger partial charge in [0, 0.05) is 0 Å². The fourth-order valence-corrected chi connectivity index (χ4v) is 2.16. The Morgan fingerprint density at radius 3 is 2.37 bits per heavy atom. The highest BCUT2D eigenvalue weighted by Crippen LogP contribution is 2.09. The molecule has 106 valence electrons. The van der Waals surface area contributed by atoms with E-state index in [9.17, 15) is 13.2 Å². The number of sulfonamides is 1. The molecule has 1 aromatic carbocycles. The number of carboxylic acids is 1. The largest absolute Gasteiger partial charge is 0.480 e. The molecule has 0 saturated heterocycles. The van der Waals surface area contributed by atoms with Crippen molar-refractivity contribution in [3.8, 4) is 0 Å². The molecule has 0 spiro atoms. The summed E-state index contributed by atoms with van der Waals surface area (Å²) in [6, 6.07) is 5.67. The first kappa shape index (κ1) is 15.6. The van der Waals surface area contributed by atoms with Crippen LogP contribution in [0.15, 0.2) is 29.2 Å². The second-order valence-corrected chi connectivity index (χ2v) is 5.75. The van der Waals surface area contributed by atoms with Crippen LogP contribution in [0.4, 0.5) is 0 Å². The van der Waals surface area contributed by atoms with Gasteiger partial charge in [-0.15, -0.1) is 0 Å². The van der Waals surface area contributed by atoms with E-state index in [4.69, 9.17) is 10.2 Å². The number of primary sulfonamides is 1. The molecule has 0 amide bonds. The van der Waals surface area contributed by atoms with Crippen molar-refractivity contribution in [1.82, 2.24) is 5.32 Å². The number of benzene rings is 1. The first-order chi connectivity index (χ1) is 8.84. The molecule has 4 N–H and O–H groups in total. The molecular formula is C12H18N2O4S. The molecule has 6 nitrogen and oxygen atoms in total. The van der Waals surface area contributed by atoms with Gasteiger partial charge in [0.1, 0.15) is 6.04 Å². The van der Waals surface area contributed by atoms with Crippen LogP contribution >= 0.6 is 0 Å². The summed E-state index contributed by atoms with van der Waals surface area (Å²) in [7, 11) is -3.66. The lowest BCUT2D eigenvalue weighted by atomic mass is 10.1. The summed E-state index contributed by atoms with van der Waals surface area (Å²) in [5.41, 5.74) is 0.917. The number of carbonyl (C=O) groups is 1. The summed E-state index contributed by atoms with van der Waals surface area (Å²) >= 11 is 0. The fourth-order valence-electron chi connectivity index (χ4n) is 1.64. The van der Waals surface area contributed by atoms with Crippen LogP contribution in [0.1, 0.15) is 18.9 Å². The molecule has 0 saturated carbocycles. The highest BCUT2D eigenvalue weighted by atomic mass is 32.2. The summed E-state index contributed by atoms with van der Waals surface area (Å²) < 4.78 is 22.1. The Labute approximate surface area is 112 Å². The van der Waals surface area contributed by atoms with Gasteiger partial charge in [0.2, 0.25) is 10.0 Å². The zero-order chi connectivity index (χ0) is 14.5. The van der Waals surface area contributed by atoms with Crippen molar-refractivity contribution in [2.75, 3.05) is 6.54 Å². The van der Waals surface area contributed by atoms with Crippen LogP contribution < -0.4 is 10.5 Å². The van der Waals surface area contributed by atoms with Crippen molar-refractivity contribution in [3.63, 3.8) is 0 Å². The minimum atomic E-state index is -3.66. The lowest BCUT2D eigenvalue weighted by molar-refractivity contribution is -0.139. The van der Waals surface area contributed by atoms with Gasteiger partial charge < -0.3 is 10.4 Å². The van der Waals surface area contributed by atoms with E-state index in [1.807, 2.05) is 0 Å². The molecule has 1 rings (SSSR count). The van der Waals surface area contributed by atoms with Gasteiger partial charge in [-0.05, 0) is 37.1 Å². The number of nitrogens with one attached hydrogen (secondary N) is 1. The number of nitrogens with two attached hydrogens (primary N) is 1. The molecule has 0 aliphatic rings. The van der Waals surface area contributed by atoms with Crippen LogP contribution in [0, 0.1) is 0 Å². The Hall–Kier alpha value is -1.44. The van der Waals surface area contributed by atoms with E-state index in [-0.39, 0.29) is 4.90 Å². The van der Waals surface area contributed by atoms with Crippen molar-refractivity contribution in [2.45, 2.75) is 30.7 Å². The molecule has 0 fully saturated rings. The normalized spacial score (nSPS) is 13.2. The maximum atomic E-state index is 11.1. The summed E-state index contributed by atoms with van der Waals surface area (Å²) in [4.78, 5) is 10.9. The molecule has 7 heteroatoms. The van der Waals surface area contributed by atoms with Crippen LogP contribution in [0.3, 0.4) is 0 Å². The van der Waals surface area contributed by atoms with Crippen LogP contribution in [0.25, 0.3) is 0 Å². The molecule has 1 atom stereocenters. The third kappa shape index (κ3) is 4.98. The van der Waals surface area contributed by atoms with Gasteiger partial charge in [0.05, 0.1) is 4.90 Å². The maximum Gasteiger partial charge on any atom is 0.320 e. The second-order valence-electron chi connectivity index (χ2n) is 4.19. The summed E-state index contributed by atoms with van der Waals surface area (Å²) in [6.45, 7) is 2.31. The van der Waals surface area contributed by atoms with Gasteiger partial charge in [0.25, 0.3) is 0 Å². The number of rotatable bonds is 7. The van der Waals surface area contributed by atoms with E-state index in [1.165, 1.54) is 12.1 Å². The fraction of sp³-hybridized carbons (Fsp3) is 0.417. The van der Waals surface area contributed by atoms with Gasteiger partial charge in [-0.1, -0.05) is 19.1 Å². The summed E-state index contributed by atoms with van der Waals surface area (Å²) in [5, 5.41) is 16.8. The van der Waals surface area contributed by atoms with E-state index in [2.05, 4.69) is 5.32 Å². The SMILES string of the molecule is CCC(NCCc1ccc(S(N)(=O)=O)cc1)C(=O)O. The molecule has 0 aliphatic heterocycles. The average molecular weight is 286 g/mol. The predicted molar refractivity (Wildman–Crippen MR) is 71.2 cm³/mol. The first-order valence-electron chi connectivity index (χ1n) is 5.92. The van der Waals surface area contributed by atoms with Crippen molar-refractivity contribution in [2.24, 2.45) is 5.14 Å². The van der Waals surface area contributed by atoms with Crippen LogP contribution in [0.5, 0.6) is 0 Å². The van der Waals surface area contributed by atoms with Crippen LogP contribution in [-0.2, 0) is 21.2 Å². The molecule has 0 aliphatic carbocycles. The van der Waals surface area contributed by atoms with Gasteiger partial charge in [-0.25, -0.2) is 13.6 Å². The summed E-state index contributed by atoms with van der Waals surface area (Å²) in [6.07, 6.45) is 1.13. The molecular weight excluding hydrogens is 268 g/mol. The Morgan fingerprint density at radius 2 is 1.95 bits per heavy atom. The van der Waals surface area contributed by atoms with E-state index < -0.39 is 22.0 Å². The quantitative estimate of drug-likeness (QED) is 0.669. The van der Waals surface area contributed by atoms with Crippen molar-refractivity contribution >= 4 is 16.0 Å². The van der Waals surface area contributed by atoms with Crippen molar-refractivity contribution in [3.05, 3.63) is 29.8 Å². The molecule has 0 radical (unpaired) electrons. The third-order valence-electron chi connectivity index (χ3n) is 2.76. The molecule has 1 aromatic rings. The number of aliphatic carboxylic acids is 1. The maximum absolute atomic E-state index is 11.1. The number of hydrogen-bond donors (Lipinski definition) is 3. The highest BCUT2D eigenvalue weighted by Gasteiger charge is 2.13. The molecule has 0 heterocycles. The number of carboxylic acid groups (broad SMARTS) is 1. The van der Waals surface area contributed by atoms with Crippen LogP contribution in [0.2, 0.25) is 0 Å². The predicted octanol–water partition coefficient (Wildman–Crippen LogP) is 0.329. The Balaban J connectivity index is 2.53. The molecule has 0 bridgehead atoms. The lowest BCUT2D eigenvalue weighted by Gasteiger charge is -2.11. The first-order valence-corrected chi connectivity index (χ1v) is 7.47. The third-order valence-corrected chi connectivity index (χ3v) is 3.69. The summed E-state index contributed by atoms with van der Waals surface area (Å²) in [5.74, 6) is -0.868. The zero-order valence-electron chi connectivity index (χ0n) is 10.7. The monoisotopic (exact) mass is 286 g/mol. The van der Waals surface area contributed by atoms with Gasteiger partial charge in [-0.3, -0.25) is 4.79 Å². The standard InChI is InChI=1S/C12H18N2O4S/c1-2-11(12(15)16)14-8-7-9-3-5-10(6-4-9)19(13,17)18/h3-6,11,14H,2,7-8H2,1H3,(H,15,16)(H2,13,17,18). The van der Waals surface area contributed by atoms with Crippen molar-refractivity contribution < 1.29 is 18.3 Å². The van der Waals surface area contributed by atoms with Gasteiger partial charge in [-0.2, -0.15) is 0 Å². The average Bonchev–Trinajstić information content (AvgIpc) is 2.33. The molecule has 1 unspecified atom stereocenters. The van der Waals surface area contributed by atoms with E-state index in [0.29, 0.717) is 19.4 Å². The Morgan fingerprint density at radius 1 is 1.37 bits per heavy atom. The van der Waals surface area contributed by atoms with Crippen molar-refractivity contribution in [1.29, 1.82) is 0 Å². The number of hydrogen-bond acceptors (Lipinski definition) is 4. The topological polar surface area (TPSA) is 109 Å². The van der Waals surface area contributed by atoms with E-state index in [0.717, 1.165) is 5.56 Å². The lowest BCUT2D eigenvalue weighted by Crippen LogP contribution is -2.37. The van der Waals surface area contributed by atoms with Gasteiger partial charge >= 0.3 is 5.97 Å². The Bertz CT molecular complexity index is 525. The molecule has 0 aromatic heterocycles. The second kappa shape index (κ2) is 6.65. The zero-order valence-corrected chi connectivity index (χ0v) is 11.5.